The third-order valence-electron chi connectivity index (χ3n) is 6.13. The minimum absolute atomic E-state index is 0.00993. The first kappa shape index (κ1) is 22.4. The first-order valence-electron chi connectivity index (χ1n) is 11.0. The van der Waals surface area contributed by atoms with E-state index in [1.807, 2.05) is 18.2 Å². The van der Waals surface area contributed by atoms with Crippen molar-refractivity contribution in [3.8, 4) is 0 Å². The van der Waals surface area contributed by atoms with Crippen LogP contribution in [0.4, 0.5) is 10.1 Å². The number of ether oxygens (including phenoxy) is 1. The van der Waals surface area contributed by atoms with Gasteiger partial charge in [-0.2, -0.15) is 0 Å². The first-order chi connectivity index (χ1) is 16.8. The number of carbonyl (C=O) groups excluding carboxylic acids is 2. The van der Waals surface area contributed by atoms with Gasteiger partial charge >= 0.3 is 0 Å². The number of amidine groups is 1. The highest BCUT2D eigenvalue weighted by Gasteiger charge is 2.49. The summed E-state index contributed by atoms with van der Waals surface area (Å²) in [5.41, 5.74) is 0.845. The second-order valence-corrected chi connectivity index (χ2v) is 8.57. The topological polar surface area (TPSA) is 106 Å². The van der Waals surface area contributed by atoms with E-state index >= 15 is 4.39 Å². The van der Waals surface area contributed by atoms with Crippen molar-refractivity contribution in [3.63, 3.8) is 0 Å². The van der Waals surface area contributed by atoms with Gasteiger partial charge in [-0.3, -0.25) is 19.9 Å². The fourth-order valence-electron chi connectivity index (χ4n) is 4.13. The van der Waals surface area contributed by atoms with E-state index in [1.54, 1.807) is 44.2 Å². The number of amides is 2. The monoisotopic (exact) mass is 471 g/mol. The third-order valence-corrected chi connectivity index (χ3v) is 6.13. The van der Waals surface area contributed by atoms with E-state index in [-0.39, 0.29) is 35.2 Å². The average molecular weight is 471 g/mol. The second kappa shape index (κ2) is 8.75. The molecule has 0 spiro atoms. The standard InChI is InChI=1S/C26H22FN5O3/c1-15-13-29-21(14-28-15)24(34)30-17-8-10-20(27)19(12-17)26(2)18-9-11-22(18)35-25(32-26)31-23(33)16-6-4-3-5-7-16/h3-14,18,22H,1-2H3,(H,30,34)(H,31,32,33). The fraction of sp³-hybridized carbons (Fsp3) is 0.192. The second-order valence-electron chi connectivity index (χ2n) is 8.57. The van der Waals surface area contributed by atoms with Gasteiger partial charge in [-0.1, -0.05) is 24.3 Å². The number of benzene rings is 2. The van der Waals surface area contributed by atoms with Gasteiger partial charge in [0.05, 0.1) is 11.9 Å². The molecule has 0 radical (unpaired) electrons. The van der Waals surface area contributed by atoms with Crippen molar-refractivity contribution in [2.24, 2.45) is 10.9 Å². The molecule has 5 rings (SSSR count). The van der Waals surface area contributed by atoms with Crippen molar-refractivity contribution in [3.05, 3.63) is 101 Å². The van der Waals surface area contributed by atoms with E-state index in [4.69, 9.17) is 4.74 Å². The zero-order chi connectivity index (χ0) is 24.6. The molecule has 176 valence electrons. The number of hydrogen-bond acceptors (Lipinski definition) is 6. The molecule has 9 heteroatoms. The van der Waals surface area contributed by atoms with Crippen LogP contribution in [0.25, 0.3) is 0 Å². The Hall–Kier alpha value is -4.40. The summed E-state index contributed by atoms with van der Waals surface area (Å²) in [6, 6.07) is 13.0. The molecular weight excluding hydrogens is 449 g/mol. The lowest BCUT2D eigenvalue weighted by Gasteiger charge is -2.45. The van der Waals surface area contributed by atoms with Crippen LogP contribution in [0.15, 0.2) is 78.1 Å². The van der Waals surface area contributed by atoms with Gasteiger partial charge in [-0.05, 0) is 50.3 Å². The number of rotatable bonds is 4. The number of fused-ring (bicyclic) bond motifs is 1. The largest absolute Gasteiger partial charge is 0.457 e. The molecule has 0 bridgehead atoms. The van der Waals surface area contributed by atoms with Crippen LogP contribution in [-0.2, 0) is 10.3 Å². The van der Waals surface area contributed by atoms with Crippen LogP contribution in [0.3, 0.4) is 0 Å². The predicted octanol–water partition coefficient (Wildman–Crippen LogP) is 3.76. The Morgan fingerprint density at radius 3 is 2.49 bits per heavy atom. The smallest absolute Gasteiger partial charge is 0.293 e. The normalized spacial score (nSPS) is 22.2. The average Bonchev–Trinajstić information content (AvgIpc) is 2.83. The summed E-state index contributed by atoms with van der Waals surface area (Å²) in [4.78, 5) is 38.0. The molecule has 2 amide bonds. The number of aromatic nitrogens is 2. The van der Waals surface area contributed by atoms with Crippen LogP contribution < -0.4 is 10.6 Å². The van der Waals surface area contributed by atoms with Crippen LogP contribution in [0.5, 0.6) is 0 Å². The molecule has 3 aromatic rings. The van der Waals surface area contributed by atoms with Gasteiger partial charge in [0, 0.05) is 28.9 Å². The Balaban J connectivity index is 1.44. The van der Waals surface area contributed by atoms with E-state index in [9.17, 15) is 9.59 Å². The molecule has 3 unspecified atom stereocenters. The third kappa shape index (κ3) is 4.28. The van der Waals surface area contributed by atoms with E-state index in [1.165, 1.54) is 24.5 Å². The zero-order valence-electron chi connectivity index (χ0n) is 19.0. The predicted molar refractivity (Wildman–Crippen MR) is 127 cm³/mol. The molecule has 8 nitrogen and oxygen atoms in total. The summed E-state index contributed by atoms with van der Waals surface area (Å²) in [6.07, 6.45) is 6.24. The van der Waals surface area contributed by atoms with Gasteiger partial charge in [-0.15, -0.1) is 0 Å². The number of aliphatic imine (C=N–C) groups is 1. The Bertz CT molecular complexity index is 1360. The molecule has 0 saturated carbocycles. The van der Waals surface area contributed by atoms with Gasteiger partial charge < -0.3 is 10.1 Å². The molecular formula is C26H22FN5O3. The summed E-state index contributed by atoms with van der Waals surface area (Å²) in [6.45, 7) is 3.55. The number of hydrogen-bond donors (Lipinski definition) is 2. The van der Waals surface area contributed by atoms with E-state index in [0.717, 1.165) is 0 Å². The van der Waals surface area contributed by atoms with E-state index < -0.39 is 17.3 Å². The Kier molecular flexibility index (Phi) is 5.60. The van der Waals surface area contributed by atoms with Gasteiger partial charge in [0.15, 0.2) is 0 Å². The summed E-state index contributed by atoms with van der Waals surface area (Å²) >= 11 is 0. The van der Waals surface area contributed by atoms with Crippen LogP contribution in [0.2, 0.25) is 0 Å². The first-order valence-corrected chi connectivity index (χ1v) is 11.0. The summed E-state index contributed by atoms with van der Waals surface area (Å²) < 4.78 is 20.9. The Morgan fingerprint density at radius 1 is 1.00 bits per heavy atom. The van der Waals surface area contributed by atoms with Gasteiger partial charge in [0.25, 0.3) is 17.8 Å². The van der Waals surface area contributed by atoms with Gasteiger partial charge in [0.1, 0.15) is 23.2 Å². The molecule has 2 aliphatic rings. The van der Waals surface area contributed by atoms with Crippen molar-refractivity contribution in [2.45, 2.75) is 25.5 Å². The van der Waals surface area contributed by atoms with Crippen molar-refractivity contribution in [1.82, 2.24) is 15.3 Å². The van der Waals surface area contributed by atoms with E-state index in [2.05, 4.69) is 25.6 Å². The minimum atomic E-state index is -1.08. The molecule has 2 N–H and O–H groups in total. The molecule has 2 heterocycles. The van der Waals surface area contributed by atoms with Crippen molar-refractivity contribution < 1.29 is 18.7 Å². The molecule has 35 heavy (non-hydrogen) atoms. The van der Waals surface area contributed by atoms with Crippen LogP contribution in [-0.4, -0.2) is 33.9 Å². The summed E-state index contributed by atoms with van der Waals surface area (Å²) in [5, 5.41) is 5.42. The number of halogens is 1. The number of carbonyl (C=O) groups is 2. The maximum atomic E-state index is 15.1. The van der Waals surface area contributed by atoms with Crippen molar-refractivity contribution in [1.29, 1.82) is 0 Å². The lowest BCUT2D eigenvalue weighted by molar-refractivity contribution is 0.0765. The number of nitrogens with one attached hydrogen (secondary N) is 2. The lowest BCUT2D eigenvalue weighted by atomic mass is 9.71. The summed E-state index contributed by atoms with van der Waals surface area (Å²) in [5.74, 6) is -1.58. The van der Waals surface area contributed by atoms with Crippen molar-refractivity contribution in [2.75, 3.05) is 5.32 Å². The summed E-state index contributed by atoms with van der Waals surface area (Å²) in [7, 11) is 0. The maximum Gasteiger partial charge on any atom is 0.293 e. The Morgan fingerprint density at radius 2 is 1.80 bits per heavy atom. The SMILES string of the molecule is Cc1cnc(C(=O)Nc2ccc(F)c(C3(C)N=C(NC(=O)c4ccccc4)OC4C=CC43)c2)cn1. The highest BCUT2D eigenvalue weighted by atomic mass is 19.1. The Labute approximate surface area is 201 Å². The fourth-order valence-corrected chi connectivity index (χ4v) is 4.13. The number of anilines is 1. The molecule has 0 saturated heterocycles. The van der Waals surface area contributed by atoms with Crippen LogP contribution >= 0.6 is 0 Å². The molecule has 2 aromatic carbocycles. The number of aryl methyl sites for hydroxylation is 1. The quantitative estimate of drug-likeness (QED) is 0.564. The number of nitrogens with zero attached hydrogens (tertiary/aromatic N) is 3. The van der Waals surface area contributed by atoms with Crippen LogP contribution in [0, 0.1) is 18.7 Å². The zero-order valence-corrected chi connectivity index (χ0v) is 19.0. The molecule has 1 aliphatic heterocycles. The highest BCUT2D eigenvalue weighted by Crippen LogP contribution is 2.46. The lowest BCUT2D eigenvalue weighted by Crippen LogP contribution is -2.51. The van der Waals surface area contributed by atoms with Gasteiger partial charge in [0.2, 0.25) is 0 Å². The highest BCUT2D eigenvalue weighted by molar-refractivity contribution is 6.04. The van der Waals surface area contributed by atoms with E-state index in [0.29, 0.717) is 16.9 Å². The van der Waals surface area contributed by atoms with Crippen LogP contribution in [0.1, 0.15) is 39.0 Å². The molecule has 1 aliphatic carbocycles. The van der Waals surface area contributed by atoms with Gasteiger partial charge in [-0.25, -0.2) is 14.4 Å². The maximum absolute atomic E-state index is 15.1. The molecule has 0 fully saturated rings. The van der Waals surface area contributed by atoms with Crippen molar-refractivity contribution >= 4 is 23.5 Å². The molecule has 1 aromatic heterocycles. The minimum Gasteiger partial charge on any atom is -0.457 e. The molecule has 3 atom stereocenters.